The largest absolute Gasteiger partial charge is 0.478 e. The predicted octanol–water partition coefficient (Wildman–Crippen LogP) is 1.30. The molecule has 2 rings (SSSR count). The summed E-state index contributed by atoms with van der Waals surface area (Å²) in [6.07, 6.45) is 0.233. The molecule has 0 aliphatic carbocycles. The standard InChI is InChI=1S/C11H8O4/c12-9-6-8(11(13)14)10(15-9)7-4-2-1-3-5-7/h1-6,10H,(H,13,14). The maximum absolute atomic E-state index is 11.0. The molecule has 1 aliphatic rings. The maximum Gasteiger partial charge on any atom is 0.335 e. The summed E-state index contributed by atoms with van der Waals surface area (Å²) >= 11 is 0. The lowest BCUT2D eigenvalue weighted by Crippen LogP contribution is -2.09. The quantitative estimate of drug-likeness (QED) is 0.737. The minimum atomic E-state index is -1.13. The Balaban J connectivity index is 2.36. The van der Waals surface area contributed by atoms with Gasteiger partial charge in [-0.1, -0.05) is 30.3 Å². The molecule has 1 unspecified atom stereocenters. The van der Waals surface area contributed by atoms with E-state index in [1.54, 1.807) is 24.3 Å². The molecule has 0 bridgehead atoms. The number of cyclic esters (lactones) is 1. The molecule has 0 spiro atoms. The van der Waals surface area contributed by atoms with Gasteiger partial charge in [0.2, 0.25) is 0 Å². The van der Waals surface area contributed by atoms with Crippen LogP contribution in [0.25, 0.3) is 0 Å². The topological polar surface area (TPSA) is 63.6 Å². The van der Waals surface area contributed by atoms with Crippen LogP contribution in [0, 0.1) is 0 Å². The zero-order valence-corrected chi connectivity index (χ0v) is 7.71. The number of carboxylic acids is 1. The molecule has 0 fully saturated rings. The molecule has 0 radical (unpaired) electrons. The average Bonchev–Trinajstić information content (AvgIpc) is 2.62. The van der Waals surface area contributed by atoms with Gasteiger partial charge in [0.1, 0.15) is 0 Å². The monoisotopic (exact) mass is 204 g/mol. The van der Waals surface area contributed by atoms with E-state index < -0.39 is 18.0 Å². The molecule has 4 heteroatoms. The van der Waals surface area contributed by atoms with Crippen molar-refractivity contribution in [1.29, 1.82) is 0 Å². The lowest BCUT2D eigenvalue weighted by Gasteiger charge is -2.11. The number of aliphatic carboxylic acids is 1. The molecule has 76 valence electrons. The first-order chi connectivity index (χ1) is 7.18. The molecule has 1 aromatic rings. The summed E-state index contributed by atoms with van der Waals surface area (Å²) in [5, 5.41) is 8.86. The number of esters is 1. The van der Waals surface area contributed by atoms with Crippen LogP contribution < -0.4 is 0 Å². The van der Waals surface area contributed by atoms with E-state index in [2.05, 4.69) is 0 Å². The van der Waals surface area contributed by atoms with Gasteiger partial charge in [0.05, 0.1) is 5.57 Å². The fourth-order valence-electron chi connectivity index (χ4n) is 1.47. The van der Waals surface area contributed by atoms with E-state index in [-0.39, 0.29) is 5.57 Å². The first-order valence-electron chi connectivity index (χ1n) is 4.39. The Bertz CT molecular complexity index is 433. The van der Waals surface area contributed by atoms with Gasteiger partial charge in [-0.05, 0) is 5.56 Å². The third kappa shape index (κ3) is 1.74. The van der Waals surface area contributed by atoms with Crippen LogP contribution in [-0.2, 0) is 14.3 Å². The van der Waals surface area contributed by atoms with Crippen molar-refractivity contribution in [1.82, 2.24) is 0 Å². The van der Waals surface area contributed by atoms with Crippen molar-refractivity contribution < 1.29 is 19.4 Å². The van der Waals surface area contributed by atoms with E-state index in [0.717, 1.165) is 6.08 Å². The van der Waals surface area contributed by atoms with Gasteiger partial charge in [0.25, 0.3) is 0 Å². The van der Waals surface area contributed by atoms with Crippen molar-refractivity contribution in [2.24, 2.45) is 0 Å². The Labute approximate surface area is 85.8 Å². The molecule has 4 nitrogen and oxygen atoms in total. The minimum Gasteiger partial charge on any atom is -0.478 e. The van der Waals surface area contributed by atoms with E-state index in [0.29, 0.717) is 5.56 Å². The fourth-order valence-corrected chi connectivity index (χ4v) is 1.47. The Kier molecular flexibility index (Phi) is 2.25. The van der Waals surface area contributed by atoms with Crippen LogP contribution in [0.3, 0.4) is 0 Å². The van der Waals surface area contributed by atoms with Crippen LogP contribution in [0.4, 0.5) is 0 Å². The van der Waals surface area contributed by atoms with Gasteiger partial charge in [0.15, 0.2) is 6.10 Å². The van der Waals surface area contributed by atoms with Crippen LogP contribution >= 0.6 is 0 Å². The number of hydrogen-bond donors (Lipinski definition) is 1. The second kappa shape index (κ2) is 3.57. The third-order valence-electron chi connectivity index (χ3n) is 2.14. The summed E-state index contributed by atoms with van der Waals surface area (Å²) in [6, 6.07) is 8.78. The maximum atomic E-state index is 11.0. The highest BCUT2D eigenvalue weighted by atomic mass is 16.5. The van der Waals surface area contributed by atoms with E-state index in [1.807, 2.05) is 6.07 Å². The Hall–Kier alpha value is -2.10. The van der Waals surface area contributed by atoms with Gasteiger partial charge >= 0.3 is 11.9 Å². The first-order valence-corrected chi connectivity index (χ1v) is 4.39. The Morgan fingerprint density at radius 2 is 1.93 bits per heavy atom. The third-order valence-corrected chi connectivity index (χ3v) is 2.14. The zero-order valence-electron chi connectivity index (χ0n) is 7.71. The second-order valence-corrected chi connectivity index (χ2v) is 3.13. The van der Waals surface area contributed by atoms with E-state index in [4.69, 9.17) is 9.84 Å². The summed E-state index contributed by atoms with van der Waals surface area (Å²) in [4.78, 5) is 21.8. The number of carbonyl (C=O) groups is 2. The zero-order chi connectivity index (χ0) is 10.8. The molecule has 0 saturated heterocycles. The molecule has 1 aromatic carbocycles. The lowest BCUT2D eigenvalue weighted by molar-refractivity contribution is -0.140. The first kappa shape index (κ1) is 9.45. The highest BCUT2D eigenvalue weighted by molar-refractivity contribution is 5.99. The van der Waals surface area contributed by atoms with Gasteiger partial charge in [-0.3, -0.25) is 0 Å². The average molecular weight is 204 g/mol. The second-order valence-electron chi connectivity index (χ2n) is 3.13. The number of rotatable bonds is 2. The SMILES string of the molecule is O=C1C=C(C(=O)O)C(c2ccccc2)O1. The van der Waals surface area contributed by atoms with E-state index in [9.17, 15) is 9.59 Å². The lowest BCUT2D eigenvalue weighted by atomic mass is 10.0. The number of benzene rings is 1. The van der Waals surface area contributed by atoms with E-state index >= 15 is 0 Å². The minimum absolute atomic E-state index is 0.0220. The number of hydrogen-bond acceptors (Lipinski definition) is 3. The Morgan fingerprint density at radius 3 is 2.53 bits per heavy atom. The molecular weight excluding hydrogens is 196 g/mol. The van der Waals surface area contributed by atoms with Crippen molar-refractivity contribution >= 4 is 11.9 Å². The van der Waals surface area contributed by atoms with Crippen molar-refractivity contribution in [3.05, 3.63) is 47.5 Å². The molecule has 0 saturated carbocycles. The molecule has 15 heavy (non-hydrogen) atoms. The van der Waals surface area contributed by atoms with Crippen LogP contribution in [0.2, 0.25) is 0 Å². The smallest absolute Gasteiger partial charge is 0.335 e. The van der Waals surface area contributed by atoms with Crippen LogP contribution in [0.15, 0.2) is 42.0 Å². The molecule has 1 heterocycles. The predicted molar refractivity (Wildman–Crippen MR) is 51.0 cm³/mol. The van der Waals surface area contributed by atoms with Gasteiger partial charge in [-0.2, -0.15) is 0 Å². The van der Waals surface area contributed by atoms with E-state index in [1.165, 1.54) is 0 Å². The van der Waals surface area contributed by atoms with Gasteiger partial charge < -0.3 is 9.84 Å². The normalized spacial score (nSPS) is 19.6. The summed E-state index contributed by atoms with van der Waals surface area (Å²) in [5.41, 5.74) is 0.642. The van der Waals surface area contributed by atoms with Gasteiger partial charge in [0, 0.05) is 6.08 Å². The van der Waals surface area contributed by atoms with Gasteiger partial charge in [-0.25, -0.2) is 9.59 Å². The number of ether oxygens (including phenoxy) is 1. The summed E-state index contributed by atoms with van der Waals surface area (Å²) in [5.74, 6) is -1.74. The van der Waals surface area contributed by atoms with Crippen molar-refractivity contribution in [3.63, 3.8) is 0 Å². The van der Waals surface area contributed by atoms with Crippen LogP contribution in [0.1, 0.15) is 11.7 Å². The number of carboxylic acid groups (broad SMARTS) is 1. The Morgan fingerprint density at radius 1 is 1.27 bits per heavy atom. The molecule has 1 atom stereocenters. The van der Waals surface area contributed by atoms with Gasteiger partial charge in [-0.15, -0.1) is 0 Å². The highest BCUT2D eigenvalue weighted by Gasteiger charge is 2.31. The van der Waals surface area contributed by atoms with Crippen molar-refractivity contribution in [2.75, 3.05) is 0 Å². The fraction of sp³-hybridized carbons (Fsp3) is 0.0909. The van der Waals surface area contributed by atoms with Crippen LogP contribution in [-0.4, -0.2) is 17.0 Å². The van der Waals surface area contributed by atoms with Crippen LogP contribution in [0.5, 0.6) is 0 Å². The molecule has 0 amide bonds. The molecule has 1 aliphatic heterocycles. The number of carbonyl (C=O) groups excluding carboxylic acids is 1. The summed E-state index contributed by atoms with van der Waals surface area (Å²) < 4.78 is 4.91. The molecule has 1 N–H and O–H groups in total. The van der Waals surface area contributed by atoms with Crippen molar-refractivity contribution in [3.8, 4) is 0 Å². The summed E-state index contributed by atoms with van der Waals surface area (Å²) in [7, 11) is 0. The highest BCUT2D eigenvalue weighted by Crippen LogP contribution is 2.30. The molecule has 0 aromatic heterocycles. The summed E-state index contributed by atoms with van der Waals surface area (Å²) in [6.45, 7) is 0. The van der Waals surface area contributed by atoms with Crippen molar-refractivity contribution in [2.45, 2.75) is 6.10 Å². The molecular formula is C11H8O4.